The molecule has 2 amide bonds. The number of ether oxygens (including phenoxy) is 1. The van der Waals surface area contributed by atoms with Crippen LogP contribution in [-0.2, 0) is 25.8 Å². The second-order valence-corrected chi connectivity index (χ2v) is 10.5. The van der Waals surface area contributed by atoms with Gasteiger partial charge in [-0.1, -0.05) is 11.6 Å². The number of carbonyl (C=O) groups is 2. The van der Waals surface area contributed by atoms with E-state index in [2.05, 4.69) is 15.8 Å². The van der Waals surface area contributed by atoms with Crippen molar-refractivity contribution < 1.29 is 40.3 Å². The molecule has 3 aromatic rings. The molecule has 3 rings (SSSR count). The molecule has 0 saturated carbocycles. The van der Waals surface area contributed by atoms with Gasteiger partial charge in [0.05, 0.1) is 28.7 Å². The van der Waals surface area contributed by atoms with Crippen molar-refractivity contribution in [2.75, 3.05) is 29.0 Å². The van der Waals surface area contributed by atoms with Gasteiger partial charge >= 0.3 is 6.18 Å². The zero-order chi connectivity index (χ0) is 29.5. The number of hydrazone groups is 1. The highest BCUT2D eigenvalue weighted by Crippen LogP contribution is 2.36. The molecule has 0 aliphatic rings. The summed E-state index contributed by atoms with van der Waals surface area (Å²) >= 11 is 5.93. The number of alkyl halides is 3. The third kappa shape index (κ3) is 8.95. The molecule has 0 unspecified atom stereocenters. The lowest BCUT2D eigenvalue weighted by Gasteiger charge is -2.23. The number of amides is 2. The standard InChI is InChI=1S/C25H21ClF4N4O5S/c1-40(37,38)34(22-12-17(25(28,29)30)4-11-21(22)26)14-23(35)33-31-13-16-2-9-20(10-3-16)39-15-24(36)32-19-7-5-18(27)6-8-19/h2-13H,14-15H2,1H3,(H,32,36)(H,33,35)/b31-13-. The fraction of sp³-hybridized carbons (Fsp3) is 0.160. The Balaban J connectivity index is 1.56. The van der Waals surface area contributed by atoms with Crippen LogP contribution in [0, 0.1) is 5.82 Å². The van der Waals surface area contributed by atoms with Gasteiger partial charge in [0.2, 0.25) is 10.0 Å². The van der Waals surface area contributed by atoms with Gasteiger partial charge in [0.25, 0.3) is 11.8 Å². The van der Waals surface area contributed by atoms with Gasteiger partial charge in [-0.25, -0.2) is 18.2 Å². The minimum absolute atomic E-state index is 0.301. The highest BCUT2D eigenvalue weighted by Gasteiger charge is 2.33. The number of nitrogens with zero attached hydrogens (tertiary/aromatic N) is 2. The number of nitrogens with one attached hydrogen (secondary N) is 2. The molecule has 0 aliphatic heterocycles. The predicted molar refractivity (Wildman–Crippen MR) is 141 cm³/mol. The molecule has 0 radical (unpaired) electrons. The summed E-state index contributed by atoms with van der Waals surface area (Å²) in [4.78, 5) is 24.3. The molecular weight excluding hydrogens is 580 g/mol. The largest absolute Gasteiger partial charge is 0.484 e. The fourth-order valence-corrected chi connectivity index (χ4v) is 4.26. The van der Waals surface area contributed by atoms with Crippen molar-refractivity contribution in [3.05, 3.63) is 88.7 Å². The molecule has 0 heterocycles. The van der Waals surface area contributed by atoms with E-state index in [1.165, 1.54) is 42.6 Å². The van der Waals surface area contributed by atoms with Gasteiger partial charge in [-0.05, 0) is 72.3 Å². The zero-order valence-electron chi connectivity index (χ0n) is 20.6. The third-order valence-electron chi connectivity index (χ3n) is 5.01. The molecule has 0 bridgehead atoms. The second kappa shape index (κ2) is 12.8. The summed E-state index contributed by atoms with van der Waals surface area (Å²) in [6.07, 6.45) is -2.81. The smallest absolute Gasteiger partial charge is 0.416 e. The molecule has 0 aromatic heterocycles. The fourth-order valence-electron chi connectivity index (χ4n) is 3.14. The average Bonchev–Trinajstić information content (AvgIpc) is 2.87. The van der Waals surface area contributed by atoms with E-state index in [-0.39, 0.29) is 11.6 Å². The molecule has 212 valence electrons. The number of benzene rings is 3. The van der Waals surface area contributed by atoms with Crippen molar-refractivity contribution in [1.29, 1.82) is 0 Å². The van der Waals surface area contributed by atoms with Crippen LogP contribution in [0.1, 0.15) is 11.1 Å². The first kappa shape index (κ1) is 30.4. The predicted octanol–water partition coefficient (Wildman–Crippen LogP) is 4.43. The Labute approximate surface area is 231 Å². The van der Waals surface area contributed by atoms with Crippen molar-refractivity contribution in [3.63, 3.8) is 0 Å². The highest BCUT2D eigenvalue weighted by molar-refractivity contribution is 7.92. The summed E-state index contributed by atoms with van der Waals surface area (Å²) in [5.41, 5.74) is 1.34. The van der Waals surface area contributed by atoms with Crippen LogP contribution in [0.25, 0.3) is 0 Å². The van der Waals surface area contributed by atoms with E-state index in [0.717, 1.165) is 12.3 Å². The van der Waals surface area contributed by atoms with Crippen LogP contribution in [-0.4, -0.2) is 45.9 Å². The molecule has 3 aromatic carbocycles. The Hall–Kier alpha value is -4.17. The first-order valence-corrected chi connectivity index (χ1v) is 13.4. The SMILES string of the molecule is CS(=O)(=O)N(CC(=O)N/N=C\c1ccc(OCC(=O)Nc2ccc(F)cc2)cc1)c1cc(C(F)(F)F)ccc1Cl. The quantitative estimate of drug-likeness (QED) is 0.203. The molecule has 2 N–H and O–H groups in total. The number of carbonyl (C=O) groups excluding carboxylic acids is 2. The minimum atomic E-state index is -4.76. The number of sulfonamides is 1. The Kier molecular flexibility index (Phi) is 9.71. The molecule has 0 aliphatic carbocycles. The van der Waals surface area contributed by atoms with Crippen LogP contribution in [0.2, 0.25) is 5.02 Å². The van der Waals surface area contributed by atoms with Crippen LogP contribution < -0.4 is 19.8 Å². The summed E-state index contributed by atoms with van der Waals surface area (Å²) in [6.45, 7) is -1.20. The van der Waals surface area contributed by atoms with Crippen LogP contribution >= 0.6 is 11.6 Å². The van der Waals surface area contributed by atoms with Gasteiger partial charge in [-0.3, -0.25) is 13.9 Å². The normalized spacial score (nSPS) is 11.8. The minimum Gasteiger partial charge on any atom is -0.484 e. The lowest BCUT2D eigenvalue weighted by molar-refractivity contribution is -0.137. The number of hydrogen-bond donors (Lipinski definition) is 2. The van der Waals surface area contributed by atoms with Gasteiger partial charge in [0.15, 0.2) is 6.61 Å². The lowest BCUT2D eigenvalue weighted by atomic mass is 10.2. The summed E-state index contributed by atoms with van der Waals surface area (Å²) in [6, 6.07) is 13.5. The summed E-state index contributed by atoms with van der Waals surface area (Å²) < 4.78 is 82.5. The summed E-state index contributed by atoms with van der Waals surface area (Å²) in [7, 11) is -4.20. The Morgan fingerprint density at radius 1 is 1.02 bits per heavy atom. The Bertz CT molecular complexity index is 1500. The number of hydrogen-bond acceptors (Lipinski definition) is 6. The molecule has 0 fully saturated rings. The maximum atomic E-state index is 13.1. The van der Waals surface area contributed by atoms with Crippen molar-refractivity contribution in [3.8, 4) is 5.75 Å². The van der Waals surface area contributed by atoms with Gasteiger partial charge in [0.1, 0.15) is 18.1 Å². The zero-order valence-corrected chi connectivity index (χ0v) is 22.1. The number of rotatable bonds is 10. The first-order chi connectivity index (χ1) is 18.7. The first-order valence-electron chi connectivity index (χ1n) is 11.2. The van der Waals surface area contributed by atoms with Crippen LogP contribution in [0.3, 0.4) is 0 Å². The molecule has 0 spiro atoms. The number of halogens is 5. The molecule has 9 nitrogen and oxygen atoms in total. The van der Waals surface area contributed by atoms with Crippen molar-refractivity contribution in [2.45, 2.75) is 6.18 Å². The lowest BCUT2D eigenvalue weighted by Crippen LogP contribution is -2.39. The molecular formula is C25H21ClF4N4O5S. The summed E-state index contributed by atoms with van der Waals surface area (Å²) in [5.74, 6) is -1.50. The maximum Gasteiger partial charge on any atom is 0.416 e. The van der Waals surface area contributed by atoms with E-state index in [1.54, 1.807) is 12.1 Å². The monoisotopic (exact) mass is 600 g/mol. The van der Waals surface area contributed by atoms with Crippen LogP contribution in [0.5, 0.6) is 5.75 Å². The summed E-state index contributed by atoms with van der Waals surface area (Å²) in [5, 5.41) is 5.96. The Morgan fingerprint density at radius 2 is 1.68 bits per heavy atom. The molecule has 0 saturated heterocycles. The van der Waals surface area contributed by atoms with Crippen LogP contribution in [0.15, 0.2) is 71.8 Å². The topological polar surface area (TPSA) is 117 Å². The third-order valence-corrected chi connectivity index (χ3v) is 6.46. The average molecular weight is 601 g/mol. The van der Waals surface area contributed by atoms with E-state index in [4.69, 9.17) is 16.3 Å². The van der Waals surface area contributed by atoms with Crippen molar-refractivity contribution >= 4 is 51.0 Å². The van der Waals surface area contributed by atoms with Gasteiger partial charge in [0, 0.05) is 5.69 Å². The maximum absolute atomic E-state index is 13.1. The van der Waals surface area contributed by atoms with E-state index >= 15 is 0 Å². The van der Waals surface area contributed by atoms with E-state index in [9.17, 15) is 35.6 Å². The van der Waals surface area contributed by atoms with E-state index in [0.29, 0.717) is 33.4 Å². The van der Waals surface area contributed by atoms with Crippen molar-refractivity contribution in [1.82, 2.24) is 5.43 Å². The molecule has 0 atom stereocenters. The van der Waals surface area contributed by atoms with Gasteiger partial charge in [-0.15, -0.1) is 0 Å². The van der Waals surface area contributed by atoms with Gasteiger partial charge in [-0.2, -0.15) is 18.3 Å². The highest BCUT2D eigenvalue weighted by atomic mass is 35.5. The van der Waals surface area contributed by atoms with Crippen LogP contribution in [0.4, 0.5) is 28.9 Å². The Morgan fingerprint density at radius 3 is 2.27 bits per heavy atom. The van der Waals surface area contributed by atoms with Gasteiger partial charge < -0.3 is 10.1 Å². The second-order valence-electron chi connectivity index (χ2n) is 8.14. The van der Waals surface area contributed by atoms with E-state index < -0.39 is 51.6 Å². The molecule has 40 heavy (non-hydrogen) atoms. The molecule has 15 heteroatoms. The van der Waals surface area contributed by atoms with E-state index in [1.807, 2.05) is 0 Å². The van der Waals surface area contributed by atoms with Crippen molar-refractivity contribution in [2.24, 2.45) is 5.10 Å². The number of anilines is 2.